The van der Waals surface area contributed by atoms with Crippen LogP contribution in [0.5, 0.6) is 5.75 Å². The Hall–Kier alpha value is -2.58. The van der Waals surface area contributed by atoms with E-state index in [9.17, 15) is 9.90 Å². The minimum Gasteiger partial charge on any atom is -0.507 e. The van der Waals surface area contributed by atoms with Gasteiger partial charge in [0.1, 0.15) is 11.8 Å². The molecule has 1 aromatic carbocycles. The summed E-state index contributed by atoms with van der Waals surface area (Å²) in [6.07, 6.45) is 0. The maximum absolute atomic E-state index is 12.0. The number of aromatic hydroxyl groups is 1. The van der Waals surface area contributed by atoms with E-state index in [4.69, 9.17) is 10.00 Å². The highest BCUT2D eigenvalue weighted by Gasteiger charge is 2.16. The van der Waals surface area contributed by atoms with Gasteiger partial charge < -0.3 is 9.84 Å². The van der Waals surface area contributed by atoms with Crippen LogP contribution in [-0.4, -0.2) is 22.7 Å². The van der Waals surface area contributed by atoms with Crippen LogP contribution < -0.4 is 0 Å². The van der Waals surface area contributed by atoms with Gasteiger partial charge in [0.05, 0.1) is 23.4 Å². The fourth-order valence-electron chi connectivity index (χ4n) is 1.92. The molecule has 2 aromatic rings. The standard InChI is InChI=1S/C16H14N2O3.ClH/c1-3-21-16(20)13-6-4-10(2)18-15(13)11-5-7-14(19)12(8-11)9-17;/h4-8,19H,3H2,1-2H3;1H. The molecule has 0 atom stereocenters. The van der Waals surface area contributed by atoms with Gasteiger partial charge in [-0.3, -0.25) is 4.98 Å². The Labute approximate surface area is 134 Å². The molecule has 2 rings (SSSR count). The van der Waals surface area contributed by atoms with Crippen molar-refractivity contribution < 1.29 is 14.6 Å². The Morgan fingerprint density at radius 3 is 2.73 bits per heavy atom. The van der Waals surface area contributed by atoms with Gasteiger partial charge in [-0.05, 0) is 44.2 Å². The number of hydrogen-bond donors (Lipinski definition) is 1. The third-order valence-electron chi connectivity index (χ3n) is 2.92. The molecule has 0 aliphatic carbocycles. The first-order valence-corrected chi connectivity index (χ1v) is 6.45. The molecule has 0 aliphatic rings. The molecule has 22 heavy (non-hydrogen) atoms. The van der Waals surface area contributed by atoms with Crippen LogP contribution in [0.15, 0.2) is 30.3 Å². The maximum Gasteiger partial charge on any atom is 0.340 e. The van der Waals surface area contributed by atoms with E-state index in [0.717, 1.165) is 5.69 Å². The highest BCUT2D eigenvalue weighted by atomic mass is 35.5. The molecule has 0 bridgehead atoms. The summed E-state index contributed by atoms with van der Waals surface area (Å²) in [6.45, 7) is 3.81. The Bertz CT molecular complexity index is 739. The lowest BCUT2D eigenvalue weighted by atomic mass is 10.0. The van der Waals surface area contributed by atoms with Gasteiger partial charge in [-0.2, -0.15) is 5.26 Å². The molecule has 0 amide bonds. The molecule has 6 heteroatoms. The molecule has 1 aromatic heterocycles. The number of esters is 1. The maximum atomic E-state index is 12.0. The number of aryl methyl sites for hydroxylation is 1. The quantitative estimate of drug-likeness (QED) is 0.878. The number of halogens is 1. The van der Waals surface area contributed by atoms with Gasteiger partial charge >= 0.3 is 5.97 Å². The van der Waals surface area contributed by atoms with Crippen molar-refractivity contribution in [3.8, 4) is 23.1 Å². The number of nitrogens with zero attached hydrogens (tertiary/aromatic N) is 2. The molecule has 5 nitrogen and oxygen atoms in total. The zero-order valence-corrected chi connectivity index (χ0v) is 13.0. The Morgan fingerprint density at radius 1 is 1.36 bits per heavy atom. The summed E-state index contributed by atoms with van der Waals surface area (Å²) in [6, 6.07) is 9.79. The SMILES string of the molecule is CCOC(=O)c1ccc(C)nc1-c1ccc(O)c(C#N)c1.Cl. The van der Waals surface area contributed by atoms with Crippen molar-refractivity contribution in [1.82, 2.24) is 4.98 Å². The van der Waals surface area contributed by atoms with Crippen LogP contribution in [0.4, 0.5) is 0 Å². The van der Waals surface area contributed by atoms with Crippen molar-refractivity contribution in [2.75, 3.05) is 6.61 Å². The van der Waals surface area contributed by atoms with Gasteiger partial charge in [0.2, 0.25) is 0 Å². The summed E-state index contributed by atoms with van der Waals surface area (Å²) in [5.41, 5.74) is 2.22. The second kappa shape index (κ2) is 7.43. The van der Waals surface area contributed by atoms with Gasteiger partial charge in [0.15, 0.2) is 0 Å². The third-order valence-corrected chi connectivity index (χ3v) is 2.92. The van der Waals surface area contributed by atoms with E-state index in [1.165, 1.54) is 12.1 Å². The van der Waals surface area contributed by atoms with Gasteiger partial charge in [0, 0.05) is 11.3 Å². The Balaban J connectivity index is 0.00000242. The van der Waals surface area contributed by atoms with Crippen LogP contribution in [-0.2, 0) is 4.74 Å². The Morgan fingerprint density at radius 2 is 2.09 bits per heavy atom. The average Bonchev–Trinajstić information content (AvgIpc) is 2.48. The molecule has 0 radical (unpaired) electrons. The topological polar surface area (TPSA) is 83.2 Å². The fraction of sp³-hybridized carbons (Fsp3) is 0.188. The number of phenols is 1. The molecule has 0 spiro atoms. The van der Waals surface area contributed by atoms with Crippen molar-refractivity contribution in [1.29, 1.82) is 5.26 Å². The van der Waals surface area contributed by atoms with Crippen molar-refractivity contribution >= 4 is 18.4 Å². The molecule has 1 N–H and O–H groups in total. The highest BCUT2D eigenvalue weighted by Crippen LogP contribution is 2.27. The molecule has 0 aliphatic heterocycles. The molecular weight excluding hydrogens is 304 g/mol. The number of carbonyl (C=O) groups excluding carboxylic acids is 1. The number of nitriles is 1. The highest BCUT2D eigenvalue weighted by molar-refractivity contribution is 5.96. The van der Waals surface area contributed by atoms with E-state index >= 15 is 0 Å². The smallest absolute Gasteiger partial charge is 0.340 e. The zero-order chi connectivity index (χ0) is 15.4. The number of carbonyl (C=O) groups is 1. The molecule has 0 saturated heterocycles. The van der Waals surface area contributed by atoms with Gasteiger partial charge in [-0.1, -0.05) is 0 Å². The summed E-state index contributed by atoms with van der Waals surface area (Å²) in [4.78, 5) is 16.4. The van der Waals surface area contributed by atoms with Crippen LogP contribution in [0, 0.1) is 18.3 Å². The summed E-state index contributed by atoms with van der Waals surface area (Å²) in [7, 11) is 0. The first kappa shape index (κ1) is 17.5. The van der Waals surface area contributed by atoms with Crippen LogP contribution in [0.1, 0.15) is 28.5 Å². The van der Waals surface area contributed by atoms with Crippen molar-refractivity contribution in [3.63, 3.8) is 0 Å². The lowest BCUT2D eigenvalue weighted by Crippen LogP contribution is -2.08. The Kier molecular flexibility index (Phi) is 5.90. The van der Waals surface area contributed by atoms with E-state index in [-0.39, 0.29) is 30.3 Å². The van der Waals surface area contributed by atoms with E-state index in [2.05, 4.69) is 4.98 Å². The van der Waals surface area contributed by atoms with E-state index in [1.807, 2.05) is 13.0 Å². The number of benzene rings is 1. The molecule has 0 saturated carbocycles. The molecule has 0 fully saturated rings. The second-order valence-corrected chi connectivity index (χ2v) is 4.41. The van der Waals surface area contributed by atoms with Crippen molar-refractivity contribution in [2.45, 2.75) is 13.8 Å². The minimum atomic E-state index is -0.466. The normalized spacial score (nSPS) is 9.50. The summed E-state index contributed by atoms with van der Waals surface area (Å²) >= 11 is 0. The predicted molar refractivity (Wildman–Crippen MR) is 84.0 cm³/mol. The number of ether oxygens (including phenoxy) is 1. The number of aromatic nitrogens is 1. The minimum absolute atomic E-state index is 0. The van der Waals surface area contributed by atoms with E-state index < -0.39 is 5.97 Å². The molecule has 1 heterocycles. The fourth-order valence-corrected chi connectivity index (χ4v) is 1.92. The van der Waals surface area contributed by atoms with E-state index in [1.54, 1.807) is 25.1 Å². The molecular formula is C16H15ClN2O3. The monoisotopic (exact) mass is 318 g/mol. The van der Waals surface area contributed by atoms with Gasteiger partial charge in [-0.25, -0.2) is 4.79 Å². The van der Waals surface area contributed by atoms with Crippen molar-refractivity contribution in [3.05, 3.63) is 47.2 Å². The number of rotatable bonds is 3. The van der Waals surface area contributed by atoms with Crippen molar-refractivity contribution in [2.24, 2.45) is 0 Å². The van der Waals surface area contributed by atoms with Crippen LogP contribution in [0.3, 0.4) is 0 Å². The van der Waals surface area contributed by atoms with Crippen LogP contribution in [0.2, 0.25) is 0 Å². The first-order valence-electron chi connectivity index (χ1n) is 6.45. The van der Waals surface area contributed by atoms with Gasteiger partial charge in [0.25, 0.3) is 0 Å². The third kappa shape index (κ3) is 3.54. The van der Waals surface area contributed by atoms with Crippen LogP contribution in [0.25, 0.3) is 11.3 Å². The van der Waals surface area contributed by atoms with E-state index in [0.29, 0.717) is 16.8 Å². The zero-order valence-electron chi connectivity index (χ0n) is 12.2. The van der Waals surface area contributed by atoms with Gasteiger partial charge in [-0.15, -0.1) is 12.4 Å². The predicted octanol–water partition coefficient (Wildman–Crippen LogP) is 3.23. The largest absolute Gasteiger partial charge is 0.507 e. The summed E-state index contributed by atoms with van der Waals surface area (Å²) in [5, 5.41) is 18.5. The second-order valence-electron chi connectivity index (χ2n) is 4.41. The first-order chi connectivity index (χ1) is 10.1. The van der Waals surface area contributed by atoms with Crippen LogP contribution >= 0.6 is 12.4 Å². The molecule has 114 valence electrons. The lowest BCUT2D eigenvalue weighted by Gasteiger charge is -2.10. The summed E-state index contributed by atoms with van der Waals surface area (Å²) in [5.74, 6) is -0.571. The number of pyridine rings is 1. The molecule has 0 unspecified atom stereocenters. The average molecular weight is 319 g/mol. The number of hydrogen-bond acceptors (Lipinski definition) is 5. The number of phenolic OH excluding ortho intramolecular Hbond substituents is 1. The lowest BCUT2D eigenvalue weighted by molar-refractivity contribution is 0.0527. The summed E-state index contributed by atoms with van der Waals surface area (Å²) < 4.78 is 5.02.